The number of fused-ring (bicyclic) bond motifs is 10. The van der Waals surface area contributed by atoms with Gasteiger partial charge in [0.05, 0.1) is 23.8 Å². The molecule has 0 aliphatic rings. The summed E-state index contributed by atoms with van der Waals surface area (Å²) in [5.74, 6) is 1.26. The second-order valence-electron chi connectivity index (χ2n) is 12.6. The largest absolute Gasteiger partial charge is 0.497 e. The van der Waals surface area contributed by atoms with E-state index in [-0.39, 0.29) is 0 Å². The summed E-state index contributed by atoms with van der Waals surface area (Å²) in [6.07, 6.45) is 1.14. The van der Waals surface area contributed by atoms with Crippen LogP contribution in [0, 0.1) is 0 Å². The fourth-order valence-electron chi connectivity index (χ4n) is 7.09. The number of aromatic nitrogens is 1. The molecule has 5 heteroatoms. The fraction of sp³-hybridized carbons (Fsp3) is 0.0638. The van der Waals surface area contributed by atoms with Crippen LogP contribution in [0.1, 0.15) is 18.1 Å². The van der Waals surface area contributed by atoms with Gasteiger partial charge in [-0.3, -0.25) is 4.57 Å². The number of rotatable bonds is 5. The maximum absolute atomic E-state index is 5.72. The van der Waals surface area contributed by atoms with E-state index in [1.165, 1.54) is 47.6 Å². The van der Waals surface area contributed by atoms with E-state index in [2.05, 4.69) is 139 Å². The number of methoxy groups -OCH3 is 1. The summed E-state index contributed by atoms with van der Waals surface area (Å²) in [4.78, 5) is 9.52. The fourth-order valence-corrected chi connectivity index (χ4v) is 8.46. The maximum atomic E-state index is 5.72. The molecule has 0 fully saturated rings. The summed E-state index contributed by atoms with van der Waals surface area (Å²) in [6, 6.07) is 52.5. The van der Waals surface area contributed by atoms with Crippen molar-refractivity contribution in [3.63, 3.8) is 0 Å². The van der Waals surface area contributed by atoms with Crippen LogP contribution < -0.4 is 4.74 Å². The molecule has 7 aromatic carbocycles. The lowest BCUT2D eigenvalue weighted by molar-refractivity contribution is 0.415. The summed E-state index contributed by atoms with van der Waals surface area (Å²) in [6.45, 7) is 10.5. The van der Waals surface area contributed by atoms with Gasteiger partial charge in [-0.2, -0.15) is 0 Å². The van der Waals surface area contributed by atoms with Gasteiger partial charge < -0.3 is 4.74 Å². The highest BCUT2D eigenvalue weighted by molar-refractivity contribution is 7.27. The molecule has 0 atom stereocenters. The van der Waals surface area contributed by atoms with Crippen LogP contribution in [0.2, 0.25) is 0 Å². The zero-order valence-electron chi connectivity index (χ0n) is 29.2. The molecule has 0 aliphatic heterocycles. The molecule has 0 unspecified atom stereocenters. The molecule has 2 heterocycles. The molecule has 9 aromatic rings. The SMILES string of the molecule is C=NC(=NC(=C)c1ccccc1)n1c2ccc(OC)cc2c2c3ccccc3c3sc4c(-c5ccccc5)cccc4c3c21.CCc1ccccc1. The number of hydrogen-bond donors (Lipinski definition) is 0. The van der Waals surface area contributed by atoms with E-state index in [0.29, 0.717) is 11.7 Å². The van der Waals surface area contributed by atoms with Crippen LogP contribution in [-0.2, 0) is 6.42 Å². The van der Waals surface area contributed by atoms with Gasteiger partial charge in [0.2, 0.25) is 5.96 Å². The molecular formula is C47H37N3OS. The minimum Gasteiger partial charge on any atom is -0.497 e. The van der Waals surface area contributed by atoms with Gasteiger partial charge in [0.1, 0.15) is 5.75 Å². The summed E-state index contributed by atoms with van der Waals surface area (Å²) in [7, 11) is 1.70. The quantitative estimate of drug-likeness (QED) is 0.131. The number of ether oxygens (including phenoxy) is 1. The monoisotopic (exact) mass is 691 g/mol. The molecule has 0 aliphatic carbocycles. The molecule has 9 rings (SSSR count). The highest BCUT2D eigenvalue weighted by Crippen LogP contribution is 2.49. The molecule has 4 nitrogen and oxygen atoms in total. The Labute approximate surface area is 307 Å². The van der Waals surface area contributed by atoms with E-state index >= 15 is 0 Å². The molecule has 0 bridgehead atoms. The van der Waals surface area contributed by atoms with Crippen LogP contribution in [0.5, 0.6) is 5.75 Å². The van der Waals surface area contributed by atoms with Crippen molar-refractivity contribution < 1.29 is 4.74 Å². The minimum atomic E-state index is 0.471. The van der Waals surface area contributed by atoms with Crippen molar-refractivity contribution in [2.24, 2.45) is 9.98 Å². The van der Waals surface area contributed by atoms with Crippen LogP contribution >= 0.6 is 11.3 Å². The molecule has 0 N–H and O–H groups in total. The van der Waals surface area contributed by atoms with Crippen LogP contribution in [0.4, 0.5) is 0 Å². The molecule has 0 saturated heterocycles. The van der Waals surface area contributed by atoms with Crippen molar-refractivity contribution >= 4 is 82.5 Å². The zero-order valence-corrected chi connectivity index (χ0v) is 30.0. The number of aryl methyl sites for hydroxylation is 1. The number of nitrogens with zero attached hydrogens (tertiary/aromatic N) is 3. The number of thiophene rings is 1. The van der Waals surface area contributed by atoms with Gasteiger partial charge in [0.25, 0.3) is 0 Å². The highest BCUT2D eigenvalue weighted by atomic mass is 32.1. The maximum Gasteiger partial charge on any atom is 0.234 e. The Hall–Kier alpha value is -6.30. The van der Waals surface area contributed by atoms with E-state index in [4.69, 9.17) is 9.73 Å². The van der Waals surface area contributed by atoms with Crippen molar-refractivity contribution in [2.45, 2.75) is 13.3 Å². The topological polar surface area (TPSA) is 38.9 Å². The van der Waals surface area contributed by atoms with Crippen molar-refractivity contribution in [3.05, 3.63) is 169 Å². The Kier molecular flexibility index (Phi) is 8.94. The number of benzene rings is 7. The van der Waals surface area contributed by atoms with Gasteiger partial charge >= 0.3 is 0 Å². The lowest BCUT2D eigenvalue weighted by Gasteiger charge is -2.11. The van der Waals surface area contributed by atoms with E-state index < -0.39 is 0 Å². The molecule has 52 heavy (non-hydrogen) atoms. The Morgan fingerprint density at radius 3 is 2.00 bits per heavy atom. The van der Waals surface area contributed by atoms with Crippen molar-refractivity contribution in [1.29, 1.82) is 0 Å². The van der Waals surface area contributed by atoms with Gasteiger partial charge in [0, 0.05) is 36.3 Å². The summed E-state index contributed by atoms with van der Waals surface area (Å²) >= 11 is 1.84. The van der Waals surface area contributed by atoms with Gasteiger partial charge in [-0.05, 0) is 59.0 Å². The first-order chi connectivity index (χ1) is 25.6. The average molecular weight is 692 g/mol. The van der Waals surface area contributed by atoms with Gasteiger partial charge in [-0.1, -0.05) is 147 Å². The lowest BCUT2D eigenvalue weighted by atomic mass is 9.98. The van der Waals surface area contributed by atoms with Crippen LogP contribution in [0.3, 0.4) is 0 Å². The first-order valence-corrected chi connectivity index (χ1v) is 18.2. The molecule has 0 radical (unpaired) electrons. The average Bonchev–Trinajstić information content (AvgIpc) is 3.77. The number of hydrogen-bond acceptors (Lipinski definition) is 3. The van der Waals surface area contributed by atoms with E-state index in [0.717, 1.165) is 39.5 Å². The van der Waals surface area contributed by atoms with E-state index in [9.17, 15) is 0 Å². The summed E-state index contributed by atoms with van der Waals surface area (Å²) in [5, 5.41) is 6.96. The van der Waals surface area contributed by atoms with E-state index in [1.54, 1.807) is 7.11 Å². The minimum absolute atomic E-state index is 0.471. The Balaban J connectivity index is 0.000000430. The first-order valence-electron chi connectivity index (χ1n) is 17.4. The normalized spacial score (nSPS) is 11.6. The predicted molar refractivity (Wildman–Crippen MR) is 226 cm³/mol. The van der Waals surface area contributed by atoms with E-state index in [1.807, 2.05) is 53.8 Å². The molecule has 2 aromatic heterocycles. The predicted octanol–water partition coefficient (Wildman–Crippen LogP) is 12.8. The zero-order chi connectivity index (χ0) is 35.6. The number of aliphatic imine (C=N–C) groups is 2. The van der Waals surface area contributed by atoms with Crippen molar-refractivity contribution in [2.75, 3.05) is 7.11 Å². The molecule has 0 spiro atoms. The second kappa shape index (κ2) is 14.1. The third-order valence-electron chi connectivity index (χ3n) is 9.59. The first kappa shape index (κ1) is 32.9. The Morgan fingerprint density at radius 2 is 1.33 bits per heavy atom. The standard InChI is InChI=1S/C39H27N3OS.C8H10/c1-24(25-13-6-4-7-14-25)41-39(40-2)42-33-22-21-27(43-3)23-32(33)34-29-17-10-11-18-30(29)38-35(36(34)42)31-20-12-19-28(37(31)44-38)26-15-8-5-9-16-26;1-2-8-6-4-3-5-7-8/h4-23H,1-2H2,3H3;3-7H,2H2,1H3. The smallest absolute Gasteiger partial charge is 0.234 e. The van der Waals surface area contributed by atoms with Gasteiger partial charge in [-0.15, -0.1) is 11.3 Å². The van der Waals surface area contributed by atoms with Gasteiger partial charge in [-0.25, -0.2) is 9.98 Å². The lowest BCUT2D eigenvalue weighted by Crippen LogP contribution is -2.09. The second-order valence-corrected chi connectivity index (χ2v) is 13.6. The molecule has 252 valence electrons. The van der Waals surface area contributed by atoms with Crippen LogP contribution in [-0.4, -0.2) is 24.4 Å². The summed E-state index contributed by atoms with van der Waals surface area (Å²) < 4.78 is 10.4. The Morgan fingerprint density at radius 1 is 0.673 bits per heavy atom. The summed E-state index contributed by atoms with van der Waals surface area (Å²) in [5.41, 5.74) is 7.40. The third-order valence-corrected chi connectivity index (χ3v) is 10.9. The van der Waals surface area contributed by atoms with Crippen molar-refractivity contribution in [3.8, 4) is 16.9 Å². The third kappa shape index (κ3) is 5.75. The van der Waals surface area contributed by atoms with Crippen LogP contribution in [0.15, 0.2) is 168 Å². The molecule has 0 amide bonds. The van der Waals surface area contributed by atoms with Gasteiger partial charge in [0.15, 0.2) is 0 Å². The molecule has 0 saturated carbocycles. The van der Waals surface area contributed by atoms with Crippen LogP contribution in [0.25, 0.3) is 69.6 Å². The highest BCUT2D eigenvalue weighted by Gasteiger charge is 2.24. The van der Waals surface area contributed by atoms with Crippen molar-refractivity contribution in [1.82, 2.24) is 4.57 Å². The Bertz CT molecular complexity index is 2780. The molecular weight excluding hydrogens is 655 g/mol.